The van der Waals surface area contributed by atoms with Crippen LogP contribution in [0.15, 0.2) is 60.7 Å². The van der Waals surface area contributed by atoms with Crippen LogP contribution in [0.5, 0.6) is 0 Å². The Kier molecular flexibility index (Phi) is 7.52. The third-order valence-corrected chi connectivity index (χ3v) is 3.53. The zero-order valence-electron chi connectivity index (χ0n) is 13.7. The van der Waals surface area contributed by atoms with Gasteiger partial charge in [0, 0.05) is 6.54 Å². The van der Waals surface area contributed by atoms with Gasteiger partial charge in [-0.05, 0) is 49.3 Å². The average molecular weight is 356 g/mol. The van der Waals surface area contributed by atoms with Gasteiger partial charge < -0.3 is 4.90 Å². The molecule has 2 rings (SSSR count). The van der Waals surface area contributed by atoms with E-state index in [0.717, 1.165) is 41.8 Å². The van der Waals surface area contributed by atoms with Crippen molar-refractivity contribution in [2.45, 2.75) is 12.6 Å². The molecule has 0 aromatic heterocycles. The summed E-state index contributed by atoms with van der Waals surface area (Å²) in [6, 6.07) is 15.1. The molecule has 0 fully saturated rings. The third kappa shape index (κ3) is 5.69. The number of hydrogen-bond acceptors (Lipinski definition) is 1. The van der Waals surface area contributed by atoms with E-state index in [9.17, 15) is 13.2 Å². The zero-order valence-corrected chi connectivity index (χ0v) is 14.5. The summed E-state index contributed by atoms with van der Waals surface area (Å²) in [5, 5.41) is 0. The van der Waals surface area contributed by atoms with Gasteiger partial charge >= 0.3 is 6.18 Å². The Morgan fingerprint density at radius 3 is 1.96 bits per heavy atom. The minimum absolute atomic E-state index is 0. The zero-order chi connectivity index (χ0) is 16.9. The van der Waals surface area contributed by atoms with Crippen molar-refractivity contribution < 1.29 is 13.2 Å². The summed E-state index contributed by atoms with van der Waals surface area (Å²) in [6.45, 7) is 0.886. The van der Waals surface area contributed by atoms with E-state index in [4.69, 9.17) is 0 Å². The van der Waals surface area contributed by atoms with Crippen LogP contribution in [0.3, 0.4) is 0 Å². The van der Waals surface area contributed by atoms with Crippen LogP contribution in [0.25, 0.3) is 5.57 Å². The molecule has 2 aromatic carbocycles. The van der Waals surface area contributed by atoms with Gasteiger partial charge in [-0.2, -0.15) is 13.2 Å². The van der Waals surface area contributed by atoms with Crippen LogP contribution in [-0.4, -0.2) is 25.5 Å². The molecule has 0 atom stereocenters. The van der Waals surface area contributed by atoms with Crippen molar-refractivity contribution in [3.8, 4) is 0 Å². The number of nitrogens with zero attached hydrogens (tertiary/aromatic N) is 1. The van der Waals surface area contributed by atoms with E-state index in [-0.39, 0.29) is 12.4 Å². The second-order valence-corrected chi connectivity index (χ2v) is 5.65. The third-order valence-electron chi connectivity index (χ3n) is 3.53. The minimum atomic E-state index is -4.31. The van der Waals surface area contributed by atoms with E-state index in [0.29, 0.717) is 0 Å². The van der Waals surface area contributed by atoms with Gasteiger partial charge in [-0.3, -0.25) is 0 Å². The Bertz CT molecular complexity index is 647. The maximum absolute atomic E-state index is 12.7. The highest BCUT2D eigenvalue weighted by Crippen LogP contribution is 2.31. The summed E-state index contributed by atoms with van der Waals surface area (Å²) in [7, 11) is 3.99. The van der Waals surface area contributed by atoms with E-state index in [2.05, 4.69) is 11.0 Å². The SMILES string of the molecule is CN(C)CC/C=C(/c1ccccc1)c1ccc(C(F)(F)F)cc1.Cl. The van der Waals surface area contributed by atoms with E-state index in [1.165, 1.54) is 12.1 Å². The fraction of sp³-hybridized carbons (Fsp3) is 0.263. The van der Waals surface area contributed by atoms with Crippen LogP contribution in [0.4, 0.5) is 13.2 Å². The molecule has 0 saturated heterocycles. The Morgan fingerprint density at radius 2 is 1.46 bits per heavy atom. The molecule has 1 nitrogen and oxygen atoms in total. The smallest absolute Gasteiger partial charge is 0.309 e. The van der Waals surface area contributed by atoms with Crippen molar-refractivity contribution in [2.75, 3.05) is 20.6 Å². The second kappa shape index (κ2) is 8.90. The van der Waals surface area contributed by atoms with Crippen LogP contribution in [0.1, 0.15) is 23.1 Å². The van der Waals surface area contributed by atoms with E-state index >= 15 is 0 Å². The fourth-order valence-corrected chi connectivity index (χ4v) is 2.33. The van der Waals surface area contributed by atoms with Crippen LogP contribution in [0.2, 0.25) is 0 Å². The van der Waals surface area contributed by atoms with Crippen molar-refractivity contribution in [3.63, 3.8) is 0 Å². The maximum Gasteiger partial charge on any atom is 0.416 e. The first-order valence-corrected chi connectivity index (χ1v) is 7.46. The summed E-state index contributed by atoms with van der Waals surface area (Å²) >= 11 is 0. The Balaban J connectivity index is 0.00000288. The van der Waals surface area contributed by atoms with Crippen LogP contribution in [-0.2, 0) is 6.18 Å². The Labute approximate surface area is 147 Å². The predicted molar refractivity (Wildman–Crippen MR) is 95.4 cm³/mol. The molecule has 0 bridgehead atoms. The molecule has 130 valence electrons. The standard InChI is InChI=1S/C19H20F3N.ClH/c1-23(2)14-6-9-18(15-7-4-3-5-8-15)16-10-12-17(13-11-16)19(20,21)22;/h3-5,7-13H,6,14H2,1-2H3;1H/b18-9-;. The number of rotatable bonds is 5. The van der Waals surface area contributed by atoms with Crippen LogP contribution < -0.4 is 0 Å². The van der Waals surface area contributed by atoms with E-state index in [1.807, 2.05) is 44.4 Å². The molecule has 0 aliphatic rings. The van der Waals surface area contributed by atoms with Crippen LogP contribution in [0, 0.1) is 0 Å². The first-order chi connectivity index (χ1) is 10.9. The normalized spacial score (nSPS) is 12.2. The fourth-order valence-electron chi connectivity index (χ4n) is 2.33. The van der Waals surface area contributed by atoms with Gasteiger partial charge in [-0.1, -0.05) is 48.5 Å². The Hall–Kier alpha value is -1.78. The lowest BCUT2D eigenvalue weighted by Crippen LogP contribution is -2.12. The molecule has 0 heterocycles. The van der Waals surface area contributed by atoms with Crippen molar-refractivity contribution in [1.29, 1.82) is 0 Å². The van der Waals surface area contributed by atoms with E-state index in [1.54, 1.807) is 0 Å². The first-order valence-electron chi connectivity index (χ1n) is 7.46. The quantitative estimate of drug-likeness (QED) is 0.683. The Morgan fingerprint density at radius 1 is 0.917 bits per heavy atom. The lowest BCUT2D eigenvalue weighted by Gasteiger charge is -2.12. The molecule has 0 spiro atoms. The largest absolute Gasteiger partial charge is 0.416 e. The summed E-state index contributed by atoms with van der Waals surface area (Å²) < 4.78 is 38.1. The molecule has 0 radical (unpaired) electrons. The molecule has 0 aliphatic carbocycles. The summed E-state index contributed by atoms with van der Waals surface area (Å²) in [4.78, 5) is 2.08. The number of halogens is 4. The van der Waals surface area contributed by atoms with Crippen molar-refractivity contribution in [1.82, 2.24) is 4.90 Å². The monoisotopic (exact) mass is 355 g/mol. The van der Waals surface area contributed by atoms with Crippen LogP contribution >= 0.6 is 12.4 Å². The molecular weight excluding hydrogens is 335 g/mol. The predicted octanol–water partition coefficient (Wildman–Crippen LogP) is 5.51. The van der Waals surface area contributed by atoms with Crippen molar-refractivity contribution in [2.24, 2.45) is 0 Å². The maximum atomic E-state index is 12.7. The van der Waals surface area contributed by atoms with Gasteiger partial charge in [0.05, 0.1) is 5.56 Å². The van der Waals surface area contributed by atoms with Gasteiger partial charge in [0.1, 0.15) is 0 Å². The van der Waals surface area contributed by atoms with Gasteiger partial charge in [-0.15, -0.1) is 12.4 Å². The lowest BCUT2D eigenvalue weighted by atomic mass is 9.96. The molecule has 5 heteroatoms. The van der Waals surface area contributed by atoms with E-state index < -0.39 is 11.7 Å². The number of alkyl halides is 3. The first kappa shape index (κ1) is 20.3. The molecule has 24 heavy (non-hydrogen) atoms. The summed E-state index contributed by atoms with van der Waals surface area (Å²) in [5.41, 5.74) is 2.14. The molecule has 0 aliphatic heterocycles. The molecular formula is C19H21ClF3N. The second-order valence-electron chi connectivity index (χ2n) is 5.65. The molecule has 0 unspecified atom stereocenters. The molecule has 0 amide bonds. The summed E-state index contributed by atoms with van der Waals surface area (Å²) in [6.07, 6.45) is -1.39. The number of hydrogen-bond donors (Lipinski definition) is 0. The van der Waals surface area contributed by atoms with Gasteiger partial charge in [0.15, 0.2) is 0 Å². The lowest BCUT2D eigenvalue weighted by molar-refractivity contribution is -0.137. The molecule has 0 saturated carbocycles. The van der Waals surface area contributed by atoms with Crippen molar-refractivity contribution >= 4 is 18.0 Å². The van der Waals surface area contributed by atoms with Crippen molar-refractivity contribution in [3.05, 3.63) is 77.4 Å². The highest BCUT2D eigenvalue weighted by molar-refractivity contribution is 5.85. The van der Waals surface area contributed by atoms with Gasteiger partial charge in [0.2, 0.25) is 0 Å². The molecule has 2 aromatic rings. The van der Waals surface area contributed by atoms with Gasteiger partial charge in [0.25, 0.3) is 0 Å². The highest BCUT2D eigenvalue weighted by atomic mass is 35.5. The topological polar surface area (TPSA) is 3.24 Å². The van der Waals surface area contributed by atoms with Gasteiger partial charge in [-0.25, -0.2) is 0 Å². The highest BCUT2D eigenvalue weighted by Gasteiger charge is 2.30. The minimum Gasteiger partial charge on any atom is -0.309 e. The molecule has 0 N–H and O–H groups in total. The average Bonchev–Trinajstić information content (AvgIpc) is 2.51. The number of benzene rings is 2. The summed E-state index contributed by atoms with van der Waals surface area (Å²) in [5.74, 6) is 0.